The maximum absolute atomic E-state index is 11.1. The number of nitro benzene ring substituents is 4. The van der Waals surface area contributed by atoms with Gasteiger partial charge in [0.25, 0.3) is 0 Å². The molecule has 0 aromatic heterocycles. The number of phenols is 1. The van der Waals surface area contributed by atoms with Gasteiger partial charge in [-0.15, -0.1) is 0 Å². The van der Waals surface area contributed by atoms with E-state index < -0.39 is 59.3 Å². The summed E-state index contributed by atoms with van der Waals surface area (Å²) < 4.78 is 15.1. The predicted molar refractivity (Wildman–Crippen MR) is 125 cm³/mol. The van der Waals surface area contributed by atoms with Crippen molar-refractivity contribution in [3.05, 3.63) is 63.7 Å². The normalized spacial score (nSPS) is 9.87. The van der Waals surface area contributed by atoms with E-state index in [0.717, 1.165) is 12.1 Å². The van der Waals surface area contributed by atoms with Gasteiger partial charge >= 0.3 is 22.7 Å². The maximum atomic E-state index is 11.1. The lowest BCUT2D eigenvalue weighted by Crippen LogP contribution is -2.07. The summed E-state index contributed by atoms with van der Waals surface area (Å²) in [5, 5.41) is 53.1. The van der Waals surface area contributed by atoms with E-state index in [1.54, 1.807) is 20.8 Å². The third kappa shape index (κ3) is 6.62. The highest BCUT2D eigenvalue weighted by Gasteiger charge is 2.37. The minimum absolute atomic E-state index is 0.0541. The lowest BCUT2D eigenvalue weighted by molar-refractivity contribution is -0.423. The molecule has 0 saturated carbocycles. The van der Waals surface area contributed by atoms with Crippen LogP contribution in [0.5, 0.6) is 23.0 Å². The molecule has 0 aliphatic heterocycles. The third-order valence-electron chi connectivity index (χ3n) is 4.34. The van der Waals surface area contributed by atoms with E-state index in [2.05, 4.69) is 0 Å². The second kappa shape index (κ2) is 13.6. The van der Waals surface area contributed by atoms with Gasteiger partial charge in [-0.1, -0.05) is 0 Å². The fraction of sp³-hybridized carbons (Fsp3) is 0.300. The van der Waals surface area contributed by atoms with Crippen LogP contribution < -0.4 is 14.2 Å². The standard InChI is InChI=1S/C11H12N2O7.C9H8N2O7/c1-3-19-8-5-7(6-14)9(12(15)16)10(13(17)18)11(8)20-4-2;1-2-18-6-3-5(4-12)7(10(14)15)8(9(6)13)11(16)17/h5-6H,3-4H2,1-2H3;3-4,13H,2H2,1H3. The maximum Gasteiger partial charge on any atom is 0.392 e. The highest BCUT2D eigenvalue weighted by atomic mass is 16.7. The van der Waals surface area contributed by atoms with Crippen molar-refractivity contribution in [2.75, 3.05) is 19.8 Å². The Morgan fingerprint density at radius 2 is 1.03 bits per heavy atom. The van der Waals surface area contributed by atoms with Crippen molar-refractivity contribution in [1.82, 2.24) is 0 Å². The molecule has 0 atom stereocenters. The summed E-state index contributed by atoms with van der Waals surface area (Å²) in [5.74, 6) is -1.75. The molecule has 38 heavy (non-hydrogen) atoms. The lowest BCUT2D eigenvalue weighted by atomic mass is 10.1. The molecule has 0 aliphatic carbocycles. The molecule has 0 bridgehead atoms. The molecule has 18 nitrogen and oxygen atoms in total. The summed E-state index contributed by atoms with van der Waals surface area (Å²) in [6.07, 6.45) is 0.260. The quantitative estimate of drug-likeness (QED) is 0.229. The number of hydrogen-bond acceptors (Lipinski definition) is 14. The van der Waals surface area contributed by atoms with Crippen LogP contribution in [-0.2, 0) is 0 Å². The molecule has 0 amide bonds. The lowest BCUT2D eigenvalue weighted by Gasteiger charge is -2.11. The van der Waals surface area contributed by atoms with Gasteiger partial charge in [0.05, 0.1) is 39.5 Å². The molecule has 0 spiro atoms. The highest BCUT2D eigenvalue weighted by Crippen LogP contribution is 2.46. The molecular weight excluding hydrogens is 520 g/mol. The zero-order valence-corrected chi connectivity index (χ0v) is 20.0. The molecule has 0 unspecified atom stereocenters. The van der Waals surface area contributed by atoms with Gasteiger partial charge in [0.15, 0.2) is 24.1 Å². The number of nitro groups is 4. The zero-order chi connectivity index (χ0) is 29.2. The van der Waals surface area contributed by atoms with Crippen LogP contribution in [0.15, 0.2) is 12.1 Å². The summed E-state index contributed by atoms with van der Waals surface area (Å²) in [6, 6.07) is 1.95. The summed E-state index contributed by atoms with van der Waals surface area (Å²) in [7, 11) is 0. The van der Waals surface area contributed by atoms with Gasteiger partial charge in [-0.2, -0.15) is 0 Å². The molecular formula is C20H20N4O14. The Balaban J connectivity index is 0.000000382. The van der Waals surface area contributed by atoms with Gasteiger partial charge < -0.3 is 19.3 Å². The predicted octanol–water partition coefficient (Wildman–Crippen LogP) is 3.53. The Morgan fingerprint density at radius 1 is 0.658 bits per heavy atom. The summed E-state index contributed by atoms with van der Waals surface area (Å²) in [5.41, 5.74) is -4.98. The number of benzene rings is 2. The first-order valence-electron chi connectivity index (χ1n) is 10.4. The van der Waals surface area contributed by atoms with Crippen molar-refractivity contribution in [2.45, 2.75) is 20.8 Å². The molecule has 2 aromatic rings. The van der Waals surface area contributed by atoms with Crippen molar-refractivity contribution in [1.29, 1.82) is 0 Å². The van der Waals surface area contributed by atoms with E-state index in [9.17, 15) is 55.2 Å². The van der Waals surface area contributed by atoms with Crippen LogP contribution in [-0.4, -0.2) is 57.2 Å². The molecule has 0 heterocycles. The van der Waals surface area contributed by atoms with Gasteiger partial charge in [0.1, 0.15) is 11.1 Å². The van der Waals surface area contributed by atoms with Gasteiger partial charge in [-0.05, 0) is 20.8 Å². The number of carbonyl (C=O) groups is 2. The smallest absolute Gasteiger partial charge is 0.392 e. The SMILES string of the molecule is CCOc1cc(C=O)c([N+](=O)[O-])c([N+](=O)[O-])c1O.CCOc1cc(C=O)c([N+](=O)[O-])c([N+](=O)[O-])c1OCC. The average Bonchev–Trinajstić information content (AvgIpc) is 2.85. The molecule has 18 heteroatoms. The van der Waals surface area contributed by atoms with E-state index in [1.165, 1.54) is 0 Å². The van der Waals surface area contributed by atoms with E-state index in [0.29, 0.717) is 0 Å². The van der Waals surface area contributed by atoms with Gasteiger partial charge in [0.2, 0.25) is 11.5 Å². The van der Waals surface area contributed by atoms with Crippen molar-refractivity contribution in [3.63, 3.8) is 0 Å². The molecule has 0 fully saturated rings. The summed E-state index contributed by atoms with van der Waals surface area (Å²) in [6.45, 7) is 5.03. The molecule has 204 valence electrons. The van der Waals surface area contributed by atoms with Crippen LogP contribution in [0.4, 0.5) is 22.7 Å². The van der Waals surface area contributed by atoms with Gasteiger partial charge in [-0.25, -0.2) is 0 Å². The fourth-order valence-corrected chi connectivity index (χ4v) is 3.00. The molecule has 0 aliphatic rings. The number of aldehydes is 2. The van der Waals surface area contributed by atoms with Crippen LogP contribution in [0.3, 0.4) is 0 Å². The minimum Gasteiger partial charge on any atom is -0.499 e. The molecule has 2 aromatic carbocycles. The Kier molecular flexibility index (Phi) is 11.0. The Labute approximate surface area is 211 Å². The summed E-state index contributed by atoms with van der Waals surface area (Å²) >= 11 is 0. The van der Waals surface area contributed by atoms with Crippen molar-refractivity contribution in [2.24, 2.45) is 0 Å². The third-order valence-corrected chi connectivity index (χ3v) is 4.34. The minimum atomic E-state index is -1.16. The van der Waals surface area contributed by atoms with Crippen LogP contribution >= 0.6 is 0 Å². The topological polar surface area (TPSA) is 255 Å². The first-order chi connectivity index (χ1) is 17.9. The number of aromatic hydroxyl groups is 1. The molecule has 2 rings (SSSR count). The van der Waals surface area contributed by atoms with Crippen LogP contribution in [0.1, 0.15) is 41.5 Å². The van der Waals surface area contributed by atoms with Crippen LogP contribution in [0.25, 0.3) is 0 Å². The number of rotatable bonds is 12. The molecule has 0 saturated heterocycles. The second-order valence-electron chi connectivity index (χ2n) is 6.56. The first-order valence-corrected chi connectivity index (χ1v) is 10.4. The Morgan fingerprint density at radius 3 is 1.39 bits per heavy atom. The molecule has 1 N–H and O–H groups in total. The van der Waals surface area contributed by atoms with Crippen molar-refractivity contribution < 1.29 is 48.6 Å². The van der Waals surface area contributed by atoms with Crippen LogP contribution in [0, 0.1) is 40.5 Å². The van der Waals surface area contributed by atoms with Gasteiger partial charge in [-0.3, -0.25) is 50.0 Å². The Hall–Kier alpha value is -5.42. The van der Waals surface area contributed by atoms with Crippen molar-refractivity contribution >= 4 is 35.3 Å². The van der Waals surface area contributed by atoms with Crippen LogP contribution in [0.2, 0.25) is 0 Å². The van der Waals surface area contributed by atoms with Gasteiger partial charge in [0, 0.05) is 12.1 Å². The largest absolute Gasteiger partial charge is 0.499 e. The number of hydrogen-bond donors (Lipinski definition) is 1. The average molecular weight is 540 g/mol. The van der Waals surface area contributed by atoms with E-state index in [-0.39, 0.29) is 49.6 Å². The molecule has 0 radical (unpaired) electrons. The first kappa shape index (κ1) is 30.6. The highest BCUT2D eigenvalue weighted by molar-refractivity contribution is 5.89. The second-order valence-corrected chi connectivity index (χ2v) is 6.56. The number of ether oxygens (including phenoxy) is 3. The Bertz CT molecular complexity index is 1280. The number of nitrogens with zero attached hydrogens (tertiary/aromatic N) is 4. The zero-order valence-electron chi connectivity index (χ0n) is 20.0. The monoisotopic (exact) mass is 540 g/mol. The van der Waals surface area contributed by atoms with E-state index in [4.69, 9.17) is 14.2 Å². The summed E-state index contributed by atoms with van der Waals surface area (Å²) in [4.78, 5) is 61.0. The fourth-order valence-electron chi connectivity index (χ4n) is 3.00. The number of carbonyl (C=O) groups excluding carboxylic acids is 2. The van der Waals surface area contributed by atoms with E-state index >= 15 is 0 Å². The number of phenolic OH excluding ortho intramolecular Hbond substituents is 1. The van der Waals surface area contributed by atoms with Crippen molar-refractivity contribution in [3.8, 4) is 23.0 Å². The van der Waals surface area contributed by atoms with E-state index in [1.807, 2.05) is 0 Å².